The van der Waals surface area contributed by atoms with E-state index in [1.165, 1.54) is 16.5 Å². The molecule has 9 rings (SSSR count). The minimum absolute atomic E-state index is 0. The van der Waals surface area contributed by atoms with Crippen LogP contribution >= 0.6 is 0 Å². The molecule has 1 N–H and O–H groups in total. The SMILES string of the molecule is C=Cc1c(C)c2cccc(-c3ccnc(-c4[c-]c(-c5cccc6c5nc(-c5ccccc5O)n6C)ccc4)c3)c2n1-c1cccc(-c2ccccc2)c1.[Pt]. The number of rotatable bonds is 7. The van der Waals surface area contributed by atoms with E-state index in [2.05, 4.69) is 127 Å². The molecule has 0 spiro atoms. The number of phenolic OH excluding ortho intramolecular Hbond substituents is 1. The number of hydrogen-bond donors (Lipinski definition) is 1. The maximum atomic E-state index is 10.6. The molecule has 54 heavy (non-hydrogen) atoms. The minimum atomic E-state index is 0. The van der Waals surface area contributed by atoms with Gasteiger partial charge in [-0.3, -0.25) is 4.98 Å². The summed E-state index contributed by atoms with van der Waals surface area (Å²) in [6.45, 7) is 6.41. The molecule has 3 aromatic heterocycles. The van der Waals surface area contributed by atoms with Crippen molar-refractivity contribution in [2.45, 2.75) is 6.92 Å². The van der Waals surface area contributed by atoms with Gasteiger partial charge in [0.1, 0.15) is 11.6 Å². The second-order valence-electron chi connectivity index (χ2n) is 13.3. The molecule has 0 aliphatic carbocycles. The van der Waals surface area contributed by atoms with Gasteiger partial charge in [0, 0.05) is 62.3 Å². The molecule has 0 amide bonds. The number of pyridine rings is 1. The van der Waals surface area contributed by atoms with Gasteiger partial charge < -0.3 is 14.2 Å². The first-order valence-corrected chi connectivity index (χ1v) is 17.7. The van der Waals surface area contributed by atoms with Crippen LogP contribution in [0.2, 0.25) is 0 Å². The van der Waals surface area contributed by atoms with Crippen molar-refractivity contribution in [3.05, 3.63) is 176 Å². The van der Waals surface area contributed by atoms with Gasteiger partial charge in [0.15, 0.2) is 0 Å². The van der Waals surface area contributed by atoms with E-state index in [1.807, 2.05) is 60.3 Å². The Hall–Kier alpha value is -6.29. The standard InChI is InChI=1S/C48H35N4O.Pt/c1-4-43-31(2)38-21-12-23-40(47(38)52(43)37-19-11-16-33(29-37)32-14-6-5-7-15-32)35-26-27-49-42(30-35)36-18-10-17-34(28-36)39-22-13-24-44-46(39)50-48(51(44)3)41-20-8-9-25-45(41)53;/h4-27,29-30,53H,1H2,2-3H3;/q-1;. The summed E-state index contributed by atoms with van der Waals surface area (Å²) in [6, 6.07) is 53.3. The second-order valence-corrected chi connectivity index (χ2v) is 13.3. The quantitative estimate of drug-likeness (QED) is 0.162. The van der Waals surface area contributed by atoms with Gasteiger partial charge in [0.05, 0.1) is 22.1 Å². The van der Waals surface area contributed by atoms with Gasteiger partial charge in [-0.05, 0) is 71.7 Å². The first-order chi connectivity index (χ1) is 26.0. The predicted molar refractivity (Wildman–Crippen MR) is 218 cm³/mol. The van der Waals surface area contributed by atoms with Crippen LogP contribution in [-0.4, -0.2) is 24.2 Å². The Morgan fingerprint density at radius 3 is 2.22 bits per heavy atom. The summed E-state index contributed by atoms with van der Waals surface area (Å²) in [4.78, 5) is 9.88. The van der Waals surface area contributed by atoms with Crippen molar-refractivity contribution < 1.29 is 26.2 Å². The fourth-order valence-corrected chi connectivity index (χ4v) is 7.57. The molecular weight excluding hydrogens is 844 g/mol. The molecule has 0 aliphatic rings. The number of aromatic nitrogens is 4. The van der Waals surface area contributed by atoms with E-state index in [0.29, 0.717) is 11.4 Å². The van der Waals surface area contributed by atoms with E-state index in [4.69, 9.17) is 9.97 Å². The molecule has 0 radical (unpaired) electrons. The number of fused-ring (bicyclic) bond motifs is 2. The molecule has 264 valence electrons. The second kappa shape index (κ2) is 14.3. The smallest absolute Gasteiger partial charge is 0.143 e. The van der Waals surface area contributed by atoms with Crippen LogP contribution < -0.4 is 0 Å². The van der Waals surface area contributed by atoms with Crippen LogP contribution in [0.25, 0.3) is 89.7 Å². The number of benzene rings is 6. The molecule has 6 heteroatoms. The molecule has 0 fully saturated rings. The molecule has 0 atom stereocenters. The zero-order chi connectivity index (χ0) is 36.1. The van der Waals surface area contributed by atoms with Gasteiger partial charge in [-0.25, -0.2) is 4.98 Å². The Morgan fingerprint density at radius 1 is 0.685 bits per heavy atom. The van der Waals surface area contributed by atoms with Gasteiger partial charge in [-0.1, -0.05) is 109 Å². The third-order valence-corrected chi connectivity index (χ3v) is 10.2. The fraction of sp³-hybridized carbons (Fsp3) is 0.0417. The third kappa shape index (κ3) is 5.87. The summed E-state index contributed by atoms with van der Waals surface area (Å²) in [6.07, 6.45) is 3.84. The Labute approximate surface area is 328 Å². The van der Waals surface area contributed by atoms with E-state index in [9.17, 15) is 5.11 Å². The molecule has 0 bridgehead atoms. The Kier molecular flexibility index (Phi) is 9.19. The number of aryl methyl sites for hydroxylation is 2. The van der Waals surface area contributed by atoms with Crippen molar-refractivity contribution in [2.75, 3.05) is 0 Å². The van der Waals surface area contributed by atoms with Crippen molar-refractivity contribution in [1.29, 1.82) is 0 Å². The molecule has 0 saturated heterocycles. The Morgan fingerprint density at radius 2 is 1.39 bits per heavy atom. The minimum Gasteiger partial charge on any atom is -0.507 e. The summed E-state index contributed by atoms with van der Waals surface area (Å²) in [5, 5.41) is 11.8. The van der Waals surface area contributed by atoms with Crippen LogP contribution in [0.1, 0.15) is 11.3 Å². The summed E-state index contributed by atoms with van der Waals surface area (Å²) in [5.41, 5.74) is 15.1. The first kappa shape index (κ1) is 34.8. The van der Waals surface area contributed by atoms with Crippen LogP contribution in [0.3, 0.4) is 0 Å². The van der Waals surface area contributed by atoms with Crippen molar-refractivity contribution in [3.8, 4) is 67.5 Å². The van der Waals surface area contributed by atoms with Crippen molar-refractivity contribution in [1.82, 2.24) is 19.1 Å². The largest absolute Gasteiger partial charge is 0.507 e. The maximum absolute atomic E-state index is 10.6. The average molecular weight is 879 g/mol. The number of hydrogen-bond acceptors (Lipinski definition) is 3. The predicted octanol–water partition coefficient (Wildman–Crippen LogP) is 11.7. The summed E-state index contributed by atoms with van der Waals surface area (Å²) in [7, 11) is 1.98. The van der Waals surface area contributed by atoms with E-state index >= 15 is 0 Å². The molecule has 0 unspecified atom stereocenters. The van der Waals surface area contributed by atoms with Crippen molar-refractivity contribution >= 4 is 28.0 Å². The molecule has 5 nitrogen and oxygen atoms in total. The van der Waals surface area contributed by atoms with Crippen LogP contribution in [0.4, 0.5) is 0 Å². The molecule has 3 heterocycles. The topological polar surface area (TPSA) is 55.9 Å². The maximum Gasteiger partial charge on any atom is 0.143 e. The molecular formula is C48H35N4OPt-. The van der Waals surface area contributed by atoms with Gasteiger partial charge in [-0.15, -0.1) is 29.8 Å². The molecule has 0 aliphatic heterocycles. The van der Waals surface area contributed by atoms with Gasteiger partial charge in [0.2, 0.25) is 0 Å². The average Bonchev–Trinajstić information content (AvgIpc) is 3.71. The molecule has 0 saturated carbocycles. The normalized spacial score (nSPS) is 11.1. The molecule has 9 aromatic rings. The van der Waals surface area contributed by atoms with E-state index in [0.717, 1.165) is 67.0 Å². The van der Waals surface area contributed by atoms with Gasteiger partial charge in [-0.2, -0.15) is 0 Å². The number of nitrogens with zero attached hydrogens (tertiary/aromatic N) is 4. The zero-order valence-electron chi connectivity index (χ0n) is 29.8. The fourth-order valence-electron chi connectivity index (χ4n) is 7.57. The molecule has 6 aromatic carbocycles. The monoisotopic (exact) mass is 878 g/mol. The third-order valence-electron chi connectivity index (χ3n) is 10.2. The summed E-state index contributed by atoms with van der Waals surface area (Å²) >= 11 is 0. The van der Waals surface area contributed by atoms with Crippen LogP contribution in [0, 0.1) is 13.0 Å². The van der Waals surface area contributed by atoms with Gasteiger partial charge >= 0.3 is 0 Å². The number of imidazole rings is 1. The first-order valence-electron chi connectivity index (χ1n) is 17.7. The van der Waals surface area contributed by atoms with E-state index in [1.54, 1.807) is 6.07 Å². The van der Waals surface area contributed by atoms with Crippen molar-refractivity contribution in [2.24, 2.45) is 7.05 Å². The summed E-state index contributed by atoms with van der Waals surface area (Å²) < 4.78 is 4.36. The van der Waals surface area contributed by atoms with Crippen LogP contribution in [-0.2, 0) is 28.1 Å². The zero-order valence-corrected chi connectivity index (χ0v) is 32.0. The van der Waals surface area contributed by atoms with E-state index < -0.39 is 0 Å². The van der Waals surface area contributed by atoms with Crippen molar-refractivity contribution in [3.63, 3.8) is 0 Å². The number of para-hydroxylation sites is 3. The van der Waals surface area contributed by atoms with Crippen LogP contribution in [0.5, 0.6) is 5.75 Å². The van der Waals surface area contributed by atoms with Gasteiger partial charge in [0.25, 0.3) is 0 Å². The Bertz CT molecular complexity index is 2850. The summed E-state index contributed by atoms with van der Waals surface area (Å²) in [5.74, 6) is 0.906. The van der Waals surface area contributed by atoms with Crippen LogP contribution in [0.15, 0.2) is 158 Å². The Balaban J connectivity index is 0.00000413. The number of phenols is 1. The van der Waals surface area contributed by atoms with E-state index in [-0.39, 0.29) is 26.8 Å². The number of aromatic hydroxyl groups is 1.